The molecule has 2 heterocycles. The molecule has 0 unspecified atom stereocenters. The molecule has 108 valence electrons. The Morgan fingerprint density at radius 2 is 1.91 bits per heavy atom. The topological polar surface area (TPSA) is 52.6 Å². The van der Waals surface area contributed by atoms with E-state index in [4.69, 9.17) is 0 Å². The SMILES string of the molecule is Cc1ccccc1N/N=C/c1c(C)c(C#N)n2ccccc12. The van der Waals surface area contributed by atoms with E-state index in [1.807, 2.05) is 66.9 Å². The largest absolute Gasteiger partial charge is 0.307 e. The van der Waals surface area contributed by atoms with Crippen molar-refractivity contribution >= 4 is 17.4 Å². The Bertz CT molecular complexity index is 897. The molecule has 3 rings (SSSR count). The molecule has 1 aromatic carbocycles. The van der Waals surface area contributed by atoms with Crippen LogP contribution in [-0.4, -0.2) is 10.6 Å². The maximum Gasteiger partial charge on any atom is 0.128 e. The highest BCUT2D eigenvalue weighted by Gasteiger charge is 2.12. The average Bonchev–Trinajstić information content (AvgIpc) is 2.81. The smallest absolute Gasteiger partial charge is 0.128 e. The fourth-order valence-corrected chi connectivity index (χ4v) is 2.52. The molecular formula is C18H16N4. The molecule has 4 heteroatoms. The number of anilines is 1. The van der Waals surface area contributed by atoms with Crippen molar-refractivity contribution in [3.05, 3.63) is 71.0 Å². The fraction of sp³-hybridized carbons (Fsp3) is 0.111. The van der Waals surface area contributed by atoms with Crippen LogP contribution < -0.4 is 5.43 Å². The van der Waals surface area contributed by atoms with E-state index < -0.39 is 0 Å². The third-order valence-electron chi connectivity index (χ3n) is 3.77. The Hall–Kier alpha value is -3.06. The Morgan fingerprint density at radius 3 is 2.68 bits per heavy atom. The van der Waals surface area contributed by atoms with Crippen LogP contribution in [0.25, 0.3) is 5.52 Å². The molecule has 22 heavy (non-hydrogen) atoms. The normalized spacial score (nSPS) is 11.0. The van der Waals surface area contributed by atoms with Crippen LogP contribution in [0.4, 0.5) is 5.69 Å². The Morgan fingerprint density at radius 1 is 1.14 bits per heavy atom. The number of hydrazone groups is 1. The van der Waals surface area contributed by atoms with Crippen LogP contribution in [0.3, 0.4) is 0 Å². The number of aryl methyl sites for hydroxylation is 1. The summed E-state index contributed by atoms with van der Waals surface area (Å²) in [6, 6.07) is 16.1. The van der Waals surface area contributed by atoms with Gasteiger partial charge in [-0.2, -0.15) is 10.4 Å². The van der Waals surface area contributed by atoms with Gasteiger partial charge in [-0.05, 0) is 43.2 Å². The molecule has 1 N–H and O–H groups in total. The lowest BCUT2D eigenvalue weighted by molar-refractivity contribution is 1.14. The first-order chi connectivity index (χ1) is 10.7. The van der Waals surface area contributed by atoms with Gasteiger partial charge in [-0.15, -0.1) is 0 Å². The molecule has 0 aliphatic carbocycles. The third kappa shape index (κ3) is 2.33. The number of nitriles is 1. The van der Waals surface area contributed by atoms with Gasteiger partial charge in [0, 0.05) is 11.8 Å². The van der Waals surface area contributed by atoms with Crippen LogP contribution in [-0.2, 0) is 0 Å². The molecule has 0 saturated heterocycles. The van der Waals surface area contributed by atoms with Crippen molar-refractivity contribution in [1.82, 2.24) is 4.40 Å². The van der Waals surface area contributed by atoms with E-state index in [9.17, 15) is 5.26 Å². The van der Waals surface area contributed by atoms with Gasteiger partial charge in [0.2, 0.25) is 0 Å². The van der Waals surface area contributed by atoms with Crippen molar-refractivity contribution in [3.63, 3.8) is 0 Å². The minimum absolute atomic E-state index is 0.646. The van der Waals surface area contributed by atoms with Gasteiger partial charge in [0.25, 0.3) is 0 Å². The summed E-state index contributed by atoms with van der Waals surface area (Å²) in [5.74, 6) is 0. The zero-order chi connectivity index (χ0) is 15.5. The fourth-order valence-electron chi connectivity index (χ4n) is 2.52. The van der Waals surface area contributed by atoms with Crippen LogP contribution in [0.1, 0.15) is 22.4 Å². The molecule has 0 fully saturated rings. The lowest BCUT2D eigenvalue weighted by Crippen LogP contribution is -1.93. The second-order valence-electron chi connectivity index (χ2n) is 5.14. The van der Waals surface area contributed by atoms with Crippen molar-refractivity contribution in [1.29, 1.82) is 5.26 Å². The number of pyridine rings is 1. The highest BCUT2D eigenvalue weighted by Crippen LogP contribution is 2.21. The van der Waals surface area contributed by atoms with Gasteiger partial charge >= 0.3 is 0 Å². The summed E-state index contributed by atoms with van der Waals surface area (Å²) in [4.78, 5) is 0. The van der Waals surface area contributed by atoms with Gasteiger partial charge in [-0.1, -0.05) is 24.3 Å². The Balaban J connectivity index is 1.98. The second-order valence-corrected chi connectivity index (χ2v) is 5.14. The molecule has 0 saturated carbocycles. The number of para-hydroxylation sites is 1. The first-order valence-electron chi connectivity index (χ1n) is 7.07. The van der Waals surface area contributed by atoms with Gasteiger partial charge in [-0.3, -0.25) is 5.43 Å². The van der Waals surface area contributed by atoms with Crippen LogP contribution in [0, 0.1) is 25.2 Å². The van der Waals surface area contributed by atoms with E-state index >= 15 is 0 Å². The predicted octanol–water partition coefficient (Wildman–Crippen LogP) is 3.87. The molecule has 4 nitrogen and oxygen atoms in total. The number of aromatic nitrogens is 1. The maximum absolute atomic E-state index is 9.34. The first kappa shape index (κ1) is 13.9. The zero-order valence-corrected chi connectivity index (χ0v) is 12.5. The molecule has 0 spiro atoms. The van der Waals surface area contributed by atoms with Crippen molar-refractivity contribution < 1.29 is 0 Å². The number of nitrogens with one attached hydrogen (secondary N) is 1. The average molecular weight is 288 g/mol. The number of rotatable bonds is 3. The molecule has 0 aliphatic heterocycles. The monoisotopic (exact) mass is 288 g/mol. The molecule has 2 aromatic heterocycles. The standard InChI is InChI=1S/C18H16N4/c1-13-7-3-4-8-16(13)21-20-12-15-14(2)18(11-19)22-10-6-5-9-17(15)22/h3-10,12,21H,1-2H3/b20-12+. The van der Waals surface area contributed by atoms with E-state index in [1.54, 1.807) is 6.21 Å². The van der Waals surface area contributed by atoms with Crippen molar-refractivity contribution in [2.75, 3.05) is 5.43 Å². The number of benzene rings is 1. The van der Waals surface area contributed by atoms with E-state index in [1.165, 1.54) is 0 Å². The van der Waals surface area contributed by atoms with Gasteiger partial charge in [0.15, 0.2) is 0 Å². The van der Waals surface area contributed by atoms with Crippen LogP contribution in [0.2, 0.25) is 0 Å². The Labute approximate surface area is 129 Å². The number of nitrogens with zero attached hydrogens (tertiary/aromatic N) is 3. The molecule has 0 amide bonds. The number of hydrogen-bond donors (Lipinski definition) is 1. The summed E-state index contributed by atoms with van der Waals surface area (Å²) in [6.07, 6.45) is 3.67. The van der Waals surface area contributed by atoms with Gasteiger partial charge in [-0.25, -0.2) is 0 Å². The lowest BCUT2D eigenvalue weighted by atomic mass is 10.1. The lowest BCUT2D eigenvalue weighted by Gasteiger charge is -2.03. The van der Waals surface area contributed by atoms with Crippen molar-refractivity contribution in [2.45, 2.75) is 13.8 Å². The highest BCUT2D eigenvalue weighted by atomic mass is 15.3. The summed E-state index contributed by atoms with van der Waals surface area (Å²) >= 11 is 0. The quantitative estimate of drug-likeness (QED) is 0.587. The second kappa shape index (κ2) is 5.74. The Kier molecular flexibility index (Phi) is 3.63. The van der Waals surface area contributed by atoms with E-state index in [2.05, 4.69) is 16.6 Å². The first-order valence-corrected chi connectivity index (χ1v) is 7.07. The summed E-state index contributed by atoms with van der Waals surface area (Å²) in [7, 11) is 0. The summed E-state index contributed by atoms with van der Waals surface area (Å²) in [6.45, 7) is 3.98. The van der Waals surface area contributed by atoms with Gasteiger partial charge < -0.3 is 4.40 Å². The molecular weight excluding hydrogens is 272 g/mol. The minimum Gasteiger partial charge on any atom is -0.307 e. The highest BCUT2D eigenvalue weighted by molar-refractivity contribution is 5.93. The van der Waals surface area contributed by atoms with Crippen molar-refractivity contribution in [2.24, 2.45) is 5.10 Å². The summed E-state index contributed by atoms with van der Waals surface area (Å²) < 4.78 is 1.89. The van der Waals surface area contributed by atoms with Crippen LogP contribution in [0.15, 0.2) is 53.8 Å². The maximum atomic E-state index is 9.34. The van der Waals surface area contributed by atoms with Crippen LogP contribution in [0.5, 0.6) is 0 Å². The molecule has 3 aromatic rings. The molecule has 0 bridgehead atoms. The van der Waals surface area contributed by atoms with E-state index in [0.29, 0.717) is 5.69 Å². The molecule has 0 aliphatic rings. The number of fused-ring (bicyclic) bond motifs is 1. The van der Waals surface area contributed by atoms with E-state index in [-0.39, 0.29) is 0 Å². The third-order valence-corrected chi connectivity index (χ3v) is 3.77. The van der Waals surface area contributed by atoms with Crippen molar-refractivity contribution in [3.8, 4) is 6.07 Å². The van der Waals surface area contributed by atoms with Crippen LogP contribution >= 0.6 is 0 Å². The van der Waals surface area contributed by atoms with E-state index in [0.717, 1.165) is 27.9 Å². The summed E-state index contributed by atoms with van der Waals surface area (Å²) in [5, 5.41) is 13.7. The predicted molar refractivity (Wildman–Crippen MR) is 89.2 cm³/mol. The number of hydrogen-bond acceptors (Lipinski definition) is 3. The van der Waals surface area contributed by atoms with Gasteiger partial charge in [0.1, 0.15) is 11.8 Å². The van der Waals surface area contributed by atoms with Gasteiger partial charge in [0.05, 0.1) is 17.4 Å². The zero-order valence-electron chi connectivity index (χ0n) is 12.5. The summed E-state index contributed by atoms with van der Waals surface area (Å²) in [5.41, 5.74) is 8.68. The molecule has 0 atom stereocenters. The minimum atomic E-state index is 0.646. The molecule has 0 radical (unpaired) electrons.